The van der Waals surface area contributed by atoms with Gasteiger partial charge in [-0.3, -0.25) is 4.79 Å². The first-order valence-electron chi connectivity index (χ1n) is 8.08. The largest absolute Gasteiger partial charge is 0.371 e. The molecule has 23 heavy (non-hydrogen) atoms. The van der Waals surface area contributed by atoms with Crippen molar-refractivity contribution in [2.24, 2.45) is 0 Å². The summed E-state index contributed by atoms with van der Waals surface area (Å²) in [4.78, 5) is 18.6. The number of carbonyl (C=O) groups excluding carboxylic acids is 1. The standard InChI is InChI=1S/C18H22N4O/c1-20-8-10-22(11-9-20)18(23)17(12-19)14-21-7-6-15-4-2-3-5-16(15)13-21/h2-5,14H,6-11,13H2,1H3/b17-14-. The average molecular weight is 310 g/mol. The molecule has 2 heterocycles. The summed E-state index contributed by atoms with van der Waals surface area (Å²) in [5, 5.41) is 9.40. The number of nitrogens with zero attached hydrogens (tertiary/aromatic N) is 4. The SMILES string of the molecule is CN1CCN(C(=O)/C(C#N)=C\N2CCc3ccccc3C2)CC1. The quantitative estimate of drug-likeness (QED) is 0.609. The molecule has 0 saturated carbocycles. The van der Waals surface area contributed by atoms with Gasteiger partial charge in [0.15, 0.2) is 0 Å². The van der Waals surface area contributed by atoms with Gasteiger partial charge in [-0.15, -0.1) is 0 Å². The highest BCUT2D eigenvalue weighted by molar-refractivity contribution is 5.97. The predicted octanol–water partition coefficient (Wildman–Crippen LogP) is 1.23. The van der Waals surface area contributed by atoms with E-state index in [9.17, 15) is 10.1 Å². The summed E-state index contributed by atoms with van der Waals surface area (Å²) in [5.41, 5.74) is 2.88. The zero-order chi connectivity index (χ0) is 16.2. The Hall–Kier alpha value is -2.32. The van der Waals surface area contributed by atoms with Gasteiger partial charge in [0.05, 0.1) is 0 Å². The summed E-state index contributed by atoms with van der Waals surface area (Å²) in [6, 6.07) is 10.5. The zero-order valence-electron chi connectivity index (χ0n) is 13.5. The van der Waals surface area contributed by atoms with Gasteiger partial charge in [-0.05, 0) is 24.6 Å². The Morgan fingerprint density at radius 2 is 1.83 bits per heavy atom. The van der Waals surface area contributed by atoms with Crippen molar-refractivity contribution in [3.05, 3.63) is 47.2 Å². The lowest BCUT2D eigenvalue weighted by Gasteiger charge is -2.33. The number of benzene rings is 1. The van der Waals surface area contributed by atoms with Gasteiger partial charge >= 0.3 is 0 Å². The minimum Gasteiger partial charge on any atom is -0.371 e. The zero-order valence-corrected chi connectivity index (χ0v) is 13.5. The number of fused-ring (bicyclic) bond motifs is 1. The number of hydrogen-bond acceptors (Lipinski definition) is 4. The number of likely N-dealkylation sites (N-methyl/N-ethyl adjacent to an activating group) is 1. The molecule has 2 aliphatic heterocycles. The fourth-order valence-corrected chi connectivity index (χ4v) is 3.12. The van der Waals surface area contributed by atoms with Gasteiger partial charge in [0.2, 0.25) is 0 Å². The van der Waals surface area contributed by atoms with Crippen LogP contribution in [0.3, 0.4) is 0 Å². The molecule has 5 nitrogen and oxygen atoms in total. The lowest BCUT2D eigenvalue weighted by Crippen LogP contribution is -2.47. The van der Waals surface area contributed by atoms with Gasteiger partial charge in [0, 0.05) is 45.5 Å². The number of nitriles is 1. The molecular weight excluding hydrogens is 288 g/mol. The second kappa shape index (κ2) is 6.84. The molecule has 2 aliphatic rings. The molecular formula is C18H22N4O. The molecule has 0 aromatic heterocycles. The molecule has 1 amide bonds. The first kappa shape index (κ1) is 15.6. The second-order valence-corrected chi connectivity index (χ2v) is 6.24. The number of amides is 1. The highest BCUT2D eigenvalue weighted by Gasteiger charge is 2.23. The Kier molecular flexibility index (Phi) is 4.63. The van der Waals surface area contributed by atoms with E-state index in [-0.39, 0.29) is 11.5 Å². The van der Waals surface area contributed by atoms with Gasteiger partial charge in [0.25, 0.3) is 5.91 Å². The van der Waals surface area contributed by atoms with E-state index in [1.165, 1.54) is 11.1 Å². The molecule has 120 valence electrons. The van der Waals surface area contributed by atoms with Crippen LogP contribution < -0.4 is 0 Å². The first-order valence-corrected chi connectivity index (χ1v) is 8.08. The van der Waals surface area contributed by atoms with E-state index >= 15 is 0 Å². The van der Waals surface area contributed by atoms with Crippen LogP contribution in [-0.4, -0.2) is 60.4 Å². The first-order chi connectivity index (χ1) is 11.2. The minimum atomic E-state index is -0.139. The van der Waals surface area contributed by atoms with Crippen LogP contribution in [0.5, 0.6) is 0 Å². The predicted molar refractivity (Wildman–Crippen MR) is 88.3 cm³/mol. The van der Waals surface area contributed by atoms with Gasteiger partial charge < -0.3 is 14.7 Å². The maximum absolute atomic E-state index is 12.5. The Labute approximate surface area is 137 Å². The maximum Gasteiger partial charge on any atom is 0.266 e. The molecule has 0 spiro atoms. The molecule has 3 rings (SSSR count). The van der Waals surface area contributed by atoms with Gasteiger partial charge in [0.1, 0.15) is 11.6 Å². The van der Waals surface area contributed by atoms with Gasteiger partial charge in [-0.25, -0.2) is 0 Å². The van der Waals surface area contributed by atoms with Crippen LogP contribution in [0.15, 0.2) is 36.0 Å². The van der Waals surface area contributed by atoms with E-state index in [1.54, 1.807) is 11.1 Å². The van der Waals surface area contributed by atoms with Crippen molar-refractivity contribution < 1.29 is 4.79 Å². The Morgan fingerprint density at radius 1 is 1.13 bits per heavy atom. The molecule has 5 heteroatoms. The van der Waals surface area contributed by atoms with Crippen molar-refractivity contribution in [3.8, 4) is 6.07 Å². The second-order valence-electron chi connectivity index (χ2n) is 6.24. The number of rotatable bonds is 2. The summed E-state index contributed by atoms with van der Waals surface area (Å²) in [6.45, 7) is 4.72. The van der Waals surface area contributed by atoms with E-state index in [1.807, 2.05) is 13.1 Å². The normalized spacial score (nSPS) is 19.2. The van der Waals surface area contributed by atoms with Crippen LogP contribution in [-0.2, 0) is 17.8 Å². The third kappa shape index (κ3) is 3.54. The number of hydrogen-bond donors (Lipinski definition) is 0. The third-order valence-corrected chi connectivity index (χ3v) is 4.61. The Morgan fingerprint density at radius 3 is 2.52 bits per heavy atom. The Bertz CT molecular complexity index is 653. The van der Waals surface area contributed by atoms with Crippen LogP contribution in [0, 0.1) is 11.3 Å². The fraction of sp³-hybridized carbons (Fsp3) is 0.444. The van der Waals surface area contributed by atoms with Crippen molar-refractivity contribution in [2.75, 3.05) is 39.8 Å². The van der Waals surface area contributed by atoms with E-state index in [2.05, 4.69) is 34.1 Å². The van der Waals surface area contributed by atoms with Gasteiger partial charge in [-0.1, -0.05) is 24.3 Å². The van der Waals surface area contributed by atoms with Crippen LogP contribution in [0.2, 0.25) is 0 Å². The van der Waals surface area contributed by atoms with Crippen molar-refractivity contribution in [3.63, 3.8) is 0 Å². The molecule has 1 fully saturated rings. The van der Waals surface area contributed by atoms with Crippen molar-refractivity contribution in [1.82, 2.24) is 14.7 Å². The Balaban J connectivity index is 1.70. The van der Waals surface area contributed by atoms with Crippen molar-refractivity contribution in [1.29, 1.82) is 5.26 Å². The van der Waals surface area contributed by atoms with E-state index < -0.39 is 0 Å². The van der Waals surface area contributed by atoms with Gasteiger partial charge in [-0.2, -0.15) is 5.26 Å². The van der Waals surface area contributed by atoms with E-state index in [0.717, 1.165) is 32.6 Å². The van der Waals surface area contributed by atoms with Crippen LogP contribution >= 0.6 is 0 Å². The van der Waals surface area contributed by atoms with Crippen LogP contribution in [0.25, 0.3) is 0 Å². The molecule has 1 aromatic rings. The van der Waals surface area contributed by atoms with Crippen LogP contribution in [0.1, 0.15) is 11.1 Å². The topological polar surface area (TPSA) is 50.6 Å². The third-order valence-electron chi connectivity index (χ3n) is 4.61. The molecule has 0 aliphatic carbocycles. The number of piperazine rings is 1. The molecule has 0 radical (unpaired) electrons. The maximum atomic E-state index is 12.5. The molecule has 1 aromatic carbocycles. The number of carbonyl (C=O) groups is 1. The summed E-state index contributed by atoms with van der Waals surface area (Å²) >= 11 is 0. The summed E-state index contributed by atoms with van der Waals surface area (Å²) in [6.07, 6.45) is 2.70. The molecule has 0 N–H and O–H groups in total. The van der Waals surface area contributed by atoms with Crippen molar-refractivity contribution >= 4 is 5.91 Å². The highest BCUT2D eigenvalue weighted by atomic mass is 16.2. The molecule has 0 unspecified atom stereocenters. The summed E-state index contributed by atoms with van der Waals surface area (Å²) in [7, 11) is 2.05. The highest BCUT2D eigenvalue weighted by Crippen LogP contribution is 2.19. The molecule has 1 saturated heterocycles. The molecule has 0 bridgehead atoms. The summed E-state index contributed by atoms with van der Waals surface area (Å²) in [5.74, 6) is -0.139. The minimum absolute atomic E-state index is 0.139. The lowest BCUT2D eigenvalue weighted by atomic mass is 10.00. The molecule has 0 atom stereocenters. The summed E-state index contributed by atoms with van der Waals surface area (Å²) < 4.78 is 0. The fourth-order valence-electron chi connectivity index (χ4n) is 3.12. The van der Waals surface area contributed by atoms with E-state index in [4.69, 9.17) is 0 Å². The smallest absolute Gasteiger partial charge is 0.266 e. The average Bonchev–Trinajstić information content (AvgIpc) is 2.59. The monoisotopic (exact) mass is 310 g/mol. The van der Waals surface area contributed by atoms with Crippen molar-refractivity contribution in [2.45, 2.75) is 13.0 Å². The van der Waals surface area contributed by atoms with Crippen LogP contribution in [0.4, 0.5) is 0 Å². The lowest BCUT2D eigenvalue weighted by molar-refractivity contribution is -0.128. The van der Waals surface area contributed by atoms with E-state index in [0.29, 0.717) is 13.1 Å².